The highest BCUT2D eigenvalue weighted by atomic mass is 32.2. The summed E-state index contributed by atoms with van der Waals surface area (Å²) in [6, 6.07) is 0.604. The minimum absolute atomic E-state index is 0.280. The van der Waals surface area contributed by atoms with Crippen molar-refractivity contribution in [2.75, 3.05) is 18.1 Å². The van der Waals surface area contributed by atoms with Crippen LogP contribution in [-0.4, -0.2) is 32.5 Å². The molecule has 0 bridgehead atoms. The fourth-order valence-electron chi connectivity index (χ4n) is 1.77. The molecule has 1 unspecified atom stereocenters. The zero-order valence-corrected chi connectivity index (χ0v) is 11.8. The zero-order valence-electron chi connectivity index (χ0n) is 11.0. The van der Waals surface area contributed by atoms with Gasteiger partial charge in [-0.1, -0.05) is 33.6 Å². The molecule has 16 heavy (non-hydrogen) atoms. The summed E-state index contributed by atoms with van der Waals surface area (Å²) in [5.74, 6) is 0.642. The average Bonchev–Trinajstić information content (AvgIpc) is 2.27. The molecule has 98 valence electrons. The van der Waals surface area contributed by atoms with E-state index in [1.165, 1.54) is 0 Å². The number of unbranched alkanes of at least 4 members (excludes halogenated alkanes) is 2. The van der Waals surface area contributed by atoms with Crippen LogP contribution in [0.5, 0.6) is 0 Å². The van der Waals surface area contributed by atoms with Crippen LogP contribution in [0.25, 0.3) is 0 Å². The van der Waals surface area contributed by atoms with Crippen LogP contribution in [0.1, 0.15) is 52.9 Å². The summed E-state index contributed by atoms with van der Waals surface area (Å²) in [7, 11) is -2.75. The number of nitrogens with one attached hydrogen (secondary N) is 1. The van der Waals surface area contributed by atoms with E-state index >= 15 is 0 Å². The molecule has 0 aliphatic rings. The molecule has 0 heterocycles. The lowest BCUT2D eigenvalue weighted by Gasteiger charge is -2.15. The monoisotopic (exact) mass is 249 g/mol. The van der Waals surface area contributed by atoms with E-state index in [-0.39, 0.29) is 5.75 Å². The van der Waals surface area contributed by atoms with Gasteiger partial charge in [-0.2, -0.15) is 0 Å². The van der Waals surface area contributed by atoms with E-state index in [4.69, 9.17) is 0 Å². The van der Waals surface area contributed by atoms with Crippen molar-refractivity contribution in [1.29, 1.82) is 0 Å². The SMILES string of the molecule is CCNC(CC)CCCCCS(=O)(=O)CC. The Balaban J connectivity index is 3.52. The Morgan fingerprint density at radius 2 is 1.75 bits per heavy atom. The summed E-state index contributed by atoms with van der Waals surface area (Å²) in [6.07, 6.45) is 5.29. The molecule has 0 spiro atoms. The van der Waals surface area contributed by atoms with Crippen LogP contribution in [0.3, 0.4) is 0 Å². The second-order valence-corrected chi connectivity index (χ2v) is 6.72. The smallest absolute Gasteiger partial charge is 0.150 e. The van der Waals surface area contributed by atoms with Gasteiger partial charge in [0.15, 0.2) is 0 Å². The number of sulfone groups is 1. The summed E-state index contributed by atoms with van der Waals surface area (Å²) in [5.41, 5.74) is 0. The van der Waals surface area contributed by atoms with Gasteiger partial charge in [0.2, 0.25) is 0 Å². The van der Waals surface area contributed by atoms with Crippen molar-refractivity contribution in [2.45, 2.75) is 58.9 Å². The molecule has 0 aliphatic heterocycles. The van der Waals surface area contributed by atoms with Crippen LogP contribution in [0, 0.1) is 0 Å². The Labute approximate surface area is 101 Å². The summed E-state index contributed by atoms with van der Waals surface area (Å²) < 4.78 is 22.5. The fourth-order valence-corrected chi connectivity index (χ4v) is 2.71. The second kappa shape index (κ2) is 8.99. The van der Waals surface area contributed by atoms with Crippen LogP contribution < -0.4 is 5.32 Å². The number of hydrogen-bond acceptors (Lipinski definition) is 3. The van der Waals surface area contributed by atoms with Crippen LogP contribution in [-0.2, 0) is 9.84 Å². The third-order valence-corrected chi connectivity index (χ3v) is 4.72. The maximum Gasteiger partial charge on any atom is 0.150 e. The van der Waals surface area contributed by atoms with Crippen molar-refractivity contribution in [3.63, 3.8) is 0 Å². The molecule has 1 atom stereocenters. The molecule has 0 radical (unpaired) electrons. The quantitative estimate of drug-likeness (QED) is 0.605. The predicted molar refractivity (Wildman–Crippen MR) is 70.6 cm³/mol. The van der Waals surface area contributed by atoms with E-state index in [9.17, 15) is 8.42 Å². The van der Waals surface area contributed by atoms with Gasteiger partial charge >= 0.3 is 0 Å². The molecule has 0 saturated carbocycles. The maximum atomic E-state index is 11.2. The first kappa shape index (κ1) is 15.9. The van der Waals surface area contributed by atoms with Crippen LogP contribution in [0.15, 0.2) is 0 Å². The van der Waals surface area contributed by atoms with Crippen molar-refractivity contribution < 1.29 is 8.42 Å². The minimum Gasteiger partial charge on any atom is -0.314 e. The van der Waals surface area contributed by atoms with Gasteiger partial charge in [-0.3, -0.25) is 0 Å². The molecule has 0 fully saturated rings. The summed E-state index contributed by atoms with van der Waals surface area (Å²) >= 11 is 0. The van der Waals surface area contributed by atoms with Crippen molar-refractivity contribution in [3.8, 4) is 0 Å². The Hall–Kier alpha value is -0.0900. The van der Waals surface area contributed by atoms with Gasteiger partial charge in [0.1, 0.15) is 9.84 Å². The molecule has 0 aromatic rings. The fraction of sp³-hybridized carbons (Fsp3) is 1.00. The third-order valence-electron chi connectivity index (χ3n) is 2.93. The summed E-state index contributed by atoms with van der Waals surface area (Å²) in [6.45, 7) is 7.04. The van der Waals surface area contributed by atoms with Gasteiger partial charge in [0, 0.05) is 11.8 Å². The standard InChI is InChI=1S/C12H27NO2S/c1-4-12(13-5-2)10-8-7-9-11-16(14,15)6-3/h12-13H,4-11H2,1-3H3. The zero-order chi connectivity index (χ0) is 12.4. The molecule has 1 N–H and O–H groups in total. The average molecular weight is 249 g/mol. The van der Waals surface area contributed by atoms with Crippen molar-refractivity contribution in [2.24, 2.45) is 0 Å². The van der Waals surface area contributed by atoms with Gasteiger partial charge in [0.05, 0.1) is 5.75 Å². The molecule has 0 rings (SSSR count). The van der Waals surface area contributed by atoms with Crippen molar-refractivity contribution >= 4 is 9.84 Å². The first-order valence-corrected chi connectivity index (χ1v) is 8.31. The Kier molecular flexibility index (Phi) is 8.94. The van der Waals surface area contributed by atoms with Gasteiger partial charge in [-0.05, 0) is 25.8 Å². The van der Waals surface area contributed by atoms with Crippen LogP contribution in [0.2, 0.25) is 0 Å². The van der Waals surface area contributed by atoms with E-state index in [1.807, 2.05) is 0 Å². The van der Waals surface area contributed by atoms with E-state index < -0.39 is 9.84 Å². The van der Waals surface area contributed by atoms with E-state index in [0.29, 0.717) is 11.8 Å². The lowest BCUT2D eigenvalue weighted by molar-refractivity contribution is 0.458. The van der Waals surface area contributed by atoms with Gasteiger partial charge in [-0.25, -0.2) is 8.42 Å². The van der Waals surface area contributed by atoms with Crippen LogP contribution in [0.4, 0.5) is 0 Å². The van der Waals surface area contributed by atoms with Gasteiger partial charge in [0.25, 0.3) is 0 Å². The van der Waals surface area contributed by atoms with Crippen molar-refractivity contribution in [3.05, 3.63) is 0 Å². The van der Waals surface area contributed by atoms with E-state index in [2.05, 4.69) is 19.2 Å². The second-order valence-electron chi connectivity index (χ2n) is 4.25. The first-order valence-electron chi connectivity index (χ1n) is 6.49. The molecular formula is C12H27NO2S. The highest BCUT2D eigenvalue weighted by molar-refractivity contribution is 7.91. The van der Waals surface area contributed by atoms with Crippen LogP contribution >= 0.6 is 0 Å². The normalized spacial score (nSPS) is 13.9. The number of hydrogen-bond donors (Lipinski definition) is 1. The Morgan fingerprint density at radius 1 is 1.06 bits per heavy atom. The molecular weight excluding hydrogens is 222 g/mol. The molecule has 4 heteroatoms. The topological polar surface area (TPSA) is 46.2 Å². The molecule has 3 nitrogen and oxygen atoms in total. The summed E-state index contributed by atoms with van der Waals surface area (Å²) in [4.78, 5) is 0. The first-order chi connectivity index (χ1) is 7.55. The largest absolute Gasteiger partial charge is 0.314 e. The third kappa shape index (κ3) is 8.11. The lowest BCUT2D eigenvalue weighted by atomic mass is 10.1. The minimum atomic E-state index is -2.75. The number of rotatable bonds is 10. The van der Waals surface area contributed by atoms with E-state index in [1.54, 1.807) is 6.92 Å². The molecule has 0 aliphatic carbocycles. The lowest BCUT2D eigenvalue weighted by Crippen LogP contribution is -2.27. The predicted octanol–water partition coefficient (Wildman–Crippen LogP) is 2.37. The summed E-state index contributed by atoms with van der Waals surface area (Å²) in [5, 5.41) is 3.43. The molecule has 0 aromatic heterocycles. The Morgan fingerprint density at radius 3 is 2.25 bits per heavy atom. The highest BCUT2D eigenvalue weighted by Crippen LogP contribution is 2.07. The highest BCUT2D eigenvalue weighted by Gasteiger charge is 2.07. The van der Waals surface area contributed by atoms with Crippen molar-refractivity contribution in [1.82, 2.24) is 5.32 Å². The van der Waals surface area contributed by atoms with E-state index in [0.717, 1.165) is 38.6 Å². The maximum absolute atomic E-state index is 11.2. The molecule has 0 aromatic carbocycles. The van der Waals surface area contributed by atoms with Gasteiger partial charge in [-0.15, -0.1) is 0 Å². The molecule has 0 amide bonds. The Bertz CT molecular complexity index is 250. The molecule has 0 saturated heterocycles. The van der Waals surface area contributed by atoms with Gasteiger partial charge < -0.3 is 5.32 Å².